The summed E-state index contributed by atoms with van der Waals surface area (Å²) in [6, 6.07) is 6.51. The Bertz CT molecular complexity index is 607. The Morgan fingerprint density at radius 3 is 2.82 bits per heavy atom. The Morgan fingerprint density at radius 2 is 2.14 bits per heavy atom. The molecule has 0 N–H and O–H groups in total. The summed E-state index contributed by atoms with van der Waals surface area (Å²) >= 11 is 0. The van der Waals surface area contributed by atoms with Gasteiger partial charge in [0.15, 0.2) is 6.29 Å². The van der Waals surface area contributed by atoms with Crippen molar-refractivity contribution < 1.29 is 14.4 Å². The van der Waals surface area contributed by atoms with E-state index >= 15 is 0 Å². The Balaban J connectivity index is 1.80. The van der Waals surface area contributed by atoms with Crippen LogP contribution in [0.4, 0.5) is 11.4 Å². The Morgan fingerprint density at radius 1 is 1.36 bits per heavy atom. The van der Waals surface area contributed by atoms with E-state index in [1.54, 1.807) is 6.07 Å². The summed E-state index contributed by atoms with van der Waals surface area (Å²) in [5.74, 6) is 0.262. The van der Waals surface area contributed by atoms with Crippen molar-refractivity contribution in [3.63, 3.8) is 0 Å². The van der Waals surface area contributed by atoms with Crippen LogP contribution < -0.4 is 4.90 Å². The number of nitrogens with zero attached hydrogens (tertiary/aromatic N) is 3. The number of hydrogen-bond acceptors (Lipinski definition) is 6. The second-order valence-electron chi connectivity index (χ2n) is 5.53. The van der Waals surface area contributed by atoms with Gasteiger partial charge in [0.05, 0.1) is 29.4 Å². The third kappa shape index (κ3) is 2.89. The van der Waals surface area contributed by atoms with Gasteiger partial charge in [-0.3, -0.25) is 10.1 Å². The van der Waals surface area contributed by atoms with Gasteiger partial charge in [-0.2, -0.15) is 5.26 Å². The highest BCUT2D eigenvalue weighted by atomic mass is 16.7. The largest absolute Gasteiger partial charge is 0.370 e. The molecule has 2 aliphatic rings. The van der Waals surface area contributed by atoms with Gasteiger partial charge in [-0.1, -0.05) is 0 Å². The van der Waals surface area contributed by atoms with Gasteiger partial charge in [0.25, 0.3) is 5.69 Å². The Hall–Kier alpha value is -2.17. The van der Waals surface area contributed by atoms with E-state index in [0.29, 0.717) is 18.8 Å². The van der Waals surface area contributed by atoms with Crippen LogP contribution in [-0.4, -0.2) is 37.5 Å². The lowest BCUT2D eigenvalue weighted by atomic mass is 9.96. The molecule has 2 fully saturated rings. The fourth-order valence-electron chi connectivity index (χ4n) is 3.10. The fourth-order valence-corrected chi connectivity index (χ4v) is 3.10. The van der Waals surface area contributed by atoms with Crippen LogP contribution in [0, 0.1) is 27.4 Å². The van der Waals surface area contributed by atoms with Crippen molar-refractivity contribution in [2.75, 3.05) is 31.2 Å². The van der Waals surface area contributed by atoms with Crippen molar-refractivity contribution in [1.29, 1.82) is 5.26 Å². The number of non-ortho nitro benzene ring substituents is 1. The first-order valence-corrected chi connectivity index (χ1v) is 7.36. The molecule has 2 saturated heterocycles. The first kappa shape index (κ1) is 14.8. The predicted molar refractivity (Wildman–Crippen MR) is 78.4 cm³/mol. The SMILES string of the molecule is N#Cc1cc([N+](=O)[O-])ccc1N1CCCC(C2OCCO2)C1. The van der Waals surface area contributed by atoms with Crippen molar-refractivity contribution in [3.05, 3.63) is 33.9 Å². The van der Waals surface area contributed by atoms with E-state index in [2.05, 4.69) is 11.0 Å². The van der Waals surface area contributed by atoms with E-state index < -0.39 is 4.92 Å². The van der Waals surface area contributed by atoms with Crippen molar-refractivity contribution in [2.24, 2.45) is 5.92 Å². The molecular weight excluding hydrogens is 286 g/mol. The molecule has 0 bridgehead atoms. The van der Waals surface area contributed by atoms with Gasteiger partial charge in [-0.05, 0) is 18.9 Å². The van der Waals surface area contributed by atoms with Gasteiger partial charge in [-0.25, -0.2) is 0 Å². The van der Waals surface area contributed by atoms with Crippen LogP contribution in [0.25, 0.3) is 0 Å². The van der Waals surface area contributed by atoms with Gasteiger partial charge in [-0.15, -0.1) is 0 Å². The summed E-state index contributed by atoms with van der Waals surface area (Å²) in [5, 5.41) is 20.1. The number of ether oxygens (including phenoxy) is 2. The van der Waals surface area contributed by atoms with Crippen molar-refractivity contribution in [2.45, 2.75) is 19.1 Å². The maximum atomic E-state index is 10.8. The topological polar surface area (TPSA) is 88.6 Å². The first-order valence-electron chi connectivity index (χ1n) is 7.36. The monoisotopic (exact) mass is 303 g/mol. The highest BCUT2D eigenvalue weighted by Crippen LogP contribution is 2.31. The fraction of sp³-hybridized carbons (Fsp3) is 0.533. The lowest BCUT2D eigenvalue weighted by Gasteiger charge is -2.36. The quantitative estimate of drug-likeness (QED) is 0.627. The molecule has 2 aliphatic heterocycles. The molecule has 0 aromatic heterocycles. The van der Waals surface area contributed by atoms with Crippen molar-refractivity contribution in [3.8, 4) is 6.07 Å². The molecule has 7 nitrogen and oxygen atoms in total. The molecule has 0 radical (unpaired) electrons. The molecule has 0 amide bonds. The van der Waals surface area contributed by atoms with Gasteiger partial charge in [0.2, 0.25) is 0 Å². The Labute approximate surface area is 128 Å². The smallest absolute Gasteiger partial charge is 0.270 e. The second kappa shape index (κ2) is 6.30. The molecule has 1 aromatic rings. The van der Waals surface area contributed by atoms with E-state index in [0.717, 1.165) is 31.6 Å². The standard InChI is InChI=1S/C15H17N3O4/c16-9-12-8-13(18(19)20)3-4-14(12)17-5-1-2-11(10-17)15-21-6-7-22-15/h3-4,8,11,15H,1-2,5-7,10H2. The predicted octanol–water partition coefficient (Wildman–Crippen LogP) is 2.06. The third-order valence-corrected chi connectivity index (χ3v) is 4.14. The molecule has 7 heteroatoms. The number of nitriles is 1. The molecule has 1 unspecified atom stereocenters. The lowest BCUT2D eigenvalue weighted by molar-refractivity contribution is -0.384. The minimum Gasteiger partial charge on any atom is -0.370 e. The number of piperidine rings is 1. The van der Waals surface area contributed by atoms with E-state index in [-0.39, 0.29) is 17.9 Å². The van der Waals surface area contributed by atoms with Crippen LogP contribution in [0.2, 0.25) is 0 Å². The van der Waals surface area contributed by atoms with Gasteiger partial charge >= 0.3 is 0 Å². The molecule has 3 rings (SSSR count). The lowest BCUT2D eigenvalue weighted by Crippen LogP contribution is -2.41. The molecule has 116 valence electrons. The summed E-state index contributed by atoms with van der Waals surface area (Å²) in [6.45, 7) is 2.82. The number of rotatable bonds is 3. The van der Waals surface area contributed by atoms with Gasteiger partial charge in [0, 0.05) is 31.1 Å². The highest BCUT2D eigenvalue weighted by molar-refractivity contribution is 5.63. The zero-order chi connectivity index (χ0) is 15.5. The minimum atomic E-state index is -0.482. The maximum Gasteiger partial charge on any atom is 0.270 e. The van der Waals surface area contributed by atoms with Crippen molar-refractivity contribution in [1.82, 2.24) is 0 Å². The van der Waals surface area contributed by atoms with E-state index in [9.17, 15) is 15.4 Å². The van der Waals surface area contributed by atoms with Crippen LogP contribution in [-0.2, 0) is 9.47 Å². The van der Waals surface area contributed by atoms with Crippen LogP contribution in [0.15, 0.2) is 18.2 Å². The summed E-state index contributed by atoms with van der Waals surface area (Å²) in [7, 11) is 0. The van der Waals surface area contributed by atoms with Crippen LogP contribution in [0.3, 0.4) is 0 Å². The number of anilines is 1. The van der Waals surface area contributed by atoms with Gasteiger partial charge in [0.1, 0.15) is 6.07 Å². The average molecular weight is 303 g/mol. The molecule has 1 atom stereocenters. The zero-order valence-electron chi connectivity index (χ0n) is 12.1. The summed E-state index contributed by atoms with van der Waals surface area (Å²) < 4.78 is 11.2. The van der Waals surface area contributed by atoms with Crippen LogP contribution in [0.1, 0.15) is 18.4 Å². The zero-order valence-corrected chi connectivity index (χ0v) is 12.1. The van der Waals surface area contributed by atoms with Gasteiger partial charge < -0.3 is 14.4 Å². The maximum absolute atomic E-state index is 10.8. The number of hydrogen-bond donors (Lipinski definition) is 0. The van der Waals surface area contributed by atoms with E-state index in [1.165, 1.54) is 12.1 Å². The van der Waals surface area contributed by atoms with Crippen LogP contribution in [0.5, 0.6) is 0 Å². The second-order valence-corrected chi connectivity index (χ2v) is 5.53. The molecule has 0 spiro atoms. The van der Waals surface area contributed by atoms with E-state index in [4.69, 9.17) is 9.47 Å². The van der Waals surface area contributed by atoms with Crippen LogP contribution >= 0.6 is 0 Å². The Kier molecular flexibility index (Phi) is 4.22. The van der Waals surface area contributed by atoms with E-state index in [1.807, 2.05) is 0 Å². The summed E-state index contributed by atoms with van der Waals surface area (Å²) in [4.78, 5) is 12.4. The number of nitro benzene ring substituents is 1. The molecule has 0 aliphatic carbocycles. The summed E-state index contributed by atoms with van der Waals surface area (Å²) in [6.07, 6.45) is 1.83. The minimum absolute atomic E-state index is 0.0590. The first-order chi connectivity index (χ1) is 10.7. The molecule has 1 aromatic carbocycles. The third-order valence-electron chi connectivity index (χ3n) is 4.14. The van der Waals surface area contributed by atoms with Crippen molar-refractivity contribution >= 4 is 11.4 Å². The summed E-state index contributed by atoms with van der Waals surface area (Å²) in [5.41, 5.74) is 1.02. The number of nitro groups is 1. The molecule has 0 saturated carbocycles. The molecule has 2 heterocycles. The molecular formula is C15H17N3O4. The normalized spacial score (nSPS) is 22.5. The average Bonchev–Trinajstić information content (AvgIpc) is 3.09. The number of benzene rings is 1. The molecule has 22 heavy (non-hydrogen) atoms. The highest BCUT2D eigenvalue weighted by Gasteiger charge is 2.32.